The molecule has 0 aromatic heterocycles. The highest BCUT2D eigenvalue weighted by atomic mass is 32.2. The molecule has 2 aromatic carbocycles. The van der Waals surface area contributed by atoms with E-state index in [1.54, 1.807) is 55.5 Å². The maximum Gasteiger partial charge on any atom is 0.245 e. The lowest BCUT2D eigenvalue weighted by atomic mass is 9.94. The Kier molecular flexibility index (Phi) is 4.54. The summed E-state index contributed by atoms with van der Waals surface area (Å²) in [6.07, 6.45) is -2.90. The van der Waals surface area contributed by atoms with Crippen LogP contribution in [0.5, 0.6) is 0 Å². The normalized spacial score (nSPS) is 27.6. The number of aliphatic hydroxyl groups is 1. The van der Waals surface area contributed by atoms with E-state index in [0.29, 0.717) is 11.1 Å². The number of nitrogens with zero attached hydrogens (tertiary/aromatic N) is 2. The minimum Gasteiger partial charge on any atom is -0.384 e. The smallest absolute Gasteiger partial charge is 0.245 e. The fraction of sp³-hybridized carbons (Fsp3) is 0.350. The van der Waals surface area contributed by atoms with Crippen molar-refractivity contribution in [3.05, 3.63) is 65.2 Å². The second kappa shape index (κ2) is 6.66. The number of carbonyl (C=O) groups is 1. The Morgan fingerprint density at radius 2 is 1.64 bits per heavy atom. The molecule has 0 spiro atoms. The number of fused-ring (bicyclic) bond motifs is 3. The molecule has 4 atom stereocenters. The summed E-state index contributed by atoms with van der Waals surface area (Å²) < 4.78 is 33.6. The van der Waals surface area contributed by atoms with Crippen LogP contribution in [0.25, 0.3) is 0 Å². The Morgan fingerprint density at radius 3 is 2.25 bits per heavy atom. The largest absolute Gasteiger partial charge is 0.384 e. The number of aliphatic hydroxyl groups excluding tert-OH is 1. The zero-order valence-electron chi connectivity index (χ0n) is 15.8. The summed E-state index contributed by atoms with van der Waals surface area (Å²) in [4.78, 5) is 14.5. The fourth-order valence-corrected chi connectivity index (χ4v) is 5.77. The predicted molar refractivity (Wildman–Crippen MR) is 101 cm³/mol. The summed E-state index contributed by atoms with van der Waals surface area (Å²) >= 11 is 0. The first kappa shape index (κ1) is 19.1. The van der Waals surface area contributed by atoms with Crippen LogP contribution in [-0.4, -0.2) is 48.0 Å². The van der Waals surface area contributed by atoms with Crippen molar-refractivity contribution in [1.29, 1.82) is 0 Å². The van der Waals surface area contributed by atoms with E-state index in [4.69, 9.17) is 4.74 Å². The average molecular weight is 402 g/mol. The Labute approximate surface area is 164 Å². The molecule has 1 N–H and O–H groups in total. The molecule has 2 heterocycles. The van der Waals surface area contributed by atoms with Gasteiger partial charge in [0.1, 0.15) is 18.3 Å². The topological polar surface area (TPSA) is 87.2 Å². The number of hydrogen-bond donors (Lipinski definition) is 1. The SMILES string of the molecule is CO[C@H]1[C@H](O)c2ccccc2[C@@H]2N1C(=O)[C@H](C)N2S(=O)(=O)c1ccc(C)cc1. The van der Waals surface area contributed by atoms with E-state index >= 15 is 0 Å². The Morgan fingerprint density at radius 1 is 1.04 bits per heavy atom. The first-order valence-electron chi connectivity index (χ1n) is 9.01. The summed E-state index contributed by atoms with van der Waals surface area (Å²) in [7, 11) is -2.57. The van der Waals surface area contributed by atoms with E-state index in [0.717, 1.165) is 5.56 Å². The Bertz CT molecular complexity index is 1020. The van der Waals surface area contributed by atoms with Gasteiger partial charge in [0, 0.05) is 7.11 Å². The summed E-state index contributed by atoms with van der Waals surface area (Å²) in [6.45, 7) is 3.44. The zero-order chi connectivity index (χ0) is 20.2. The molecule has 2 aromatic rings. The van der Waals surface area contributed by atoms with Gasteiger partial charge in [0.2, 0.25) is 15.9 Å². The van der Waals surface area contributed by atoms with Gasteiger partial charge in [-0.3, -0.25) is 9.69 Å². The molecule has 0 radical (unpaired) electrons. The van der Waals surface area contributed by atoms with Gasteiger partial charge in [-0.25, -0.2) is 8.42 Å². The van der Waals surface area contributed by atoms with Crippen LogP contribution >= 0.6 is 0 Å². The number of benzene rings is 2. The first-order chi connectivity index (χ1) is 13.3. The second-order valence-electron chi connectivity index (χ2n) is 7.14. The quantitative estimate of drug-likeness (QED) is 0.848. The molecule has 148 valence electrons. The molecule has 0 bridgehead atoms. The van der Waals surface area contributed by atoms with E-state index in [1.807, 2.05) is 6.92 Å². The molecule has 2 aliphatic rings. The fourth-order valence-electron chi connectivity index (χ4n) is 4.07. The molecular weight excluding hydrogens is 380 g/mol. The van der Waals surface area contributed by atoms with E-state index in [1.165, 1.54) is 16.3 Å². The summed E-state index contributed by atoms with van der Waals surface area (Å²) in [6, 6.07) is 12.6. The van der Waals surface area contributed by atoms with Crippen molar-refractivity contribution in [3.63, 3.8) is 0 Å². The van der Waals surface area contributed by atoms with E-state index < -0.39 is 40.5 Å². The van der Waals surface area contributed by atoms with Gasteiger partial charge in [0.05, 0.1) is 4.90 Å². The molecule has 1 saturated heterocycles. The molecule has 0 unspecified atom stereocenters. The second-order valence-corrected chi connectivity index (χ2v) is 8.99. The van der Waals surface area contributed by atoms with Crippen molar-refractivity contribution in [2.45, 2.75) is 43.3 Å². The lowest BCUT2D eigenvalue weighted by molar-refractivity contribution is -0.162. The summed E-state index contributed by atoms with van der Waals surface area (Å²) in [5.74, 6) is -0.402. The van der Waals surface area contributed by atoms with Crippen LogP contribution in [0.2, 0.25) is 0 Å². The zero-order valence-corrected chi connectivity index (χ0v) is 16.6. The highest BCUT2D eigenvalue weighted by molar-refractivity contribution is 7.89. The Balaban J connectivity index is 1.91. The molecular formula is C20H22N2O5S. The maximum absolute atomic E-state index is 13.5. The number of amides is 1. The number of hydrogen-bond acceptors (Lipinski definition) is 5. The monoisotopic (exact) mass is 402 g/mol. The standard InChI is InChI=1S/C20H22N2O5S/c1-12-8-10-14(11-9-12)28(25,26)22-13(2)19(24)21-18(22)16-7-5-4-6-15(16)17(23)20(21)27-3/h4-11,13,17-18,20,23H,1-3H3/t13-,17+,18+,20-/m0/s1. The van der Waals surface area contributed by atoms with Gasteiger partial charge < -0.3 is 9.84 Å². The number of methoxy groups -OCH3 is 1. The third kappa shape index (κ3) is 2.60. The molecule has 0 aliphatic carbocycles. The van der Waals surface area contributed by atoms with Gasteiger partial charge in [-0.2, -0.15) is 4.31 Å². The van der Waals surface area contributed by atoms with Crippen molar-refractivity contribution >= 4 is 15.9 Å². The molecule has 1 fully saturated rings. The highest BCUT2D eigenvalue weighted by Crippen LogP contribution is 2.47. The van der Waals surface area contributed by atoms with Crippen molar-refractivity contribution in [2.24, 2.45) is 0 Å². The number of rotatable bonds is 3. The lowest BCUT2D eigenvalue weighted by Crippen LogP contribution is -2.49. The van der Waals surface area contributed by atoms with Crippen LogP contribution in [0.3, 0.4) is 0 Å². The average Bonchev–Trinajstić information content (AvgIpc) is 2.95. The van der Waals surface area contributed by atoms with Crippen molar-refractivity contribution in [2.75, 3.05) is 7.11 Å². The first-order valence-corrected chi connectivity index (χ1v) is 10.4. The van der Waals surface area contributed by atoms with Crippen LogP contribution in [0, 0.1) is 6.92 Å². The highest BCUT2D eigenvalue weighted by Gasteiger charge is 2.57. The molecule has 7 nitrogen and oxygen atoms in total. The van der Waals surface area contributed by atoms with Crippen LogP contribution in [-0.2, 0) is 19.6 Å². The maximum atomic E-state index is 13.5. The molecule has 28 heavy (non-hydrogen) atoms. The van der Waals surface area contributed by atoms with Gasteiger partial charge in [0.25, 0.3) is 0 Å². The molecule has 2 aliphatic heterocycles. The third-order valence-electron chi connectivity index (χ3n) is 5.47. The van der Waals surface area contributed by atoms with Gasteiger partial charge in [-0.15, -0.1) is 0 Å². The third-order valence-corrected chi connectivity index (χ3v) is 7.41. The van der Waals surface area contributed by atoms with Crippen molar-refractivity contribution in [3.8, 4) is 0 Å². The minimum absolute atomic E-state index is 0.122. The number of aryl methyl sites for hydroxylation is 1. The van der Waals surface area contributed by atoms with E-state index in [2.05, 4.69) is 0 Å². The van der Waals surface area contributed by atoms with Crippen LogP contribution in [0.15, 0.2) is 53.4 Å². The number of carbonyl (C=O) groups excluding carboxylic acids is 1. The minimum atomic E-state index is -3.97. The Hall–Kier alpha value is -2.26. The molecule has 8 heteroatoms. The molecule has 0 saturated carbocycles. The van der Waals surface area contributed by atoms with Crippen LogP contribution in [0.1, 0.15) is 35.9 Å². The van der Waals surface area contributed by atoms with Crippen molar-refractivity contribution < 1.29 is 23.1 Å². The number of ether oxygens (including phenoxy) is 1. The van der Waals surface area contributed by atoms with Gasteiger partial charge in [-0.05, 0) is 37.1 Å². The van der Waals surface area contributed by atoms with Crippen molar-refractivity contribution in [1.82, 2.24) is 9.21 Å². The van der Waals surface area contributed by atoms with Gasteiger partial charge in [-0.1, -0.05) is 42.0 Å². The van der Waals surface area contributed by atoms with Crippen LogP contribution in [0.4, 0.5) is 0 Å². The summed E-state index contributed by atoms with van der Waals surface area (Å²) in [5, 5.41) is 10.7. The molecule has 1 amide bonds. The van der Waals surface area contributed by atoms with Gasteiger partial charge >= 0.3 is 0 Å². The lowest BCUT2D eigenvalue weighted by Gasteiger charge is -2.42. The van der Waals surface area contributed by atoms with E-state index in [9.17, 15) is 18.3 Å². The van der Waals surface area contributed by atoms with Crippen LogP contribution < -0.4 is 0 Å². The predicted octanol–water partition coefficient (Wildman–Crippen LogP) is 1.93. The van der Waals surface area contributed by atoms with Gasteiger partial charge in [0.15, 0.2) is 6.23 Å². The molecule has 4 rings (SSSR count). The van der Waals surface area contributed by atoms with E-state index in [-0.39, 0.29) is 4.90 Å². The number of sulfonamides is 1. The summed E-state index contributed by atoms with van der Waals surface area (Å²) in [5.41, 5.74) is 2.08.